The minimum Gasteiger partial charge on any atom is -0.497 e. The number of aromatic nitrogens is 2. The van der Waals surface area contributed by atoms with Gasteiger partial charge in [0, 0.05) is 29.8 Å². The average molecular weight is 424 g/mol. The highest BCUT2D eigenvalue weighted by molar-refractivity contribution is 8.00. The van der Waals surface area contributed by atoms with Gasteiger partial charge in [0.1, 0.15) is 11.5 Å². The normalized spacial score (nSPS) is 10.2. The molecule has 2 aromatic carbocycles. The molecule has 0 saturated heterocycles. The summed E-state index contributed by atoms with van der Waals surface area (Å²) in [6.45, 7) is 0. The third-order valence-corrected chi connectivity index (χ3v) is 4.65. The molecule has 2 amide bonds. The minimum atomic E-state index is -0.214. The van der Waals surface area contributed by atoms with Crippen LogP contribution in [0, 0.1) is 0 Å². The van der Waals surface area contributed by atoms with E-state index in [-0.39, 0.29) is 23.3 Å². The number of nitrogens with zero attached hydrogens (tertiary/aromatic N) is 2. The number of methoxy groups -OCH3 is 1. The van der Waals surface area contributed by atoms with Gasteiger partial charge < -0.3 is 20.1 Å². The molecule has 0 aliphatic carbocycles. The van der Waals surface area contributed by atoms with Gasteiger partial charge in [-0.2, -0.15) is 0 Å². The number of carbonyl (C=O) groups is 2. The zero-order chi connectivity index (χ0) is 21.2. The molecule has 1 aromatic heterocycles. The monoisotopic (exact) mass is 424 g/mol. The molecule has 8 nitrogen and oxygen atoms in total. The van der Waals surface area contributed by atoms with Gasteiger partial charge in [-0.15, -0.1) is 11.8 Å². The molecule has 0 fully saturated rings. The zero-order valence-electron chi connectivity index (χ0n) is 16.2. The molecule has 0 radical (unpaired) electrons. The highest BCUT2D eigenvalue weighted by Crippen LogP contribution is 2.22. The van der Waals surface area contributed by atoms with Crippen molar-refractivity contribution >= 4 is 35.0 Å². The second-order valence-electron chi connectivity index (χ2n) is 5.99. The maximum Gasteiger partial charge on any atom is 0.237 e. The SMILES string of the molecule is COc1ccc(NC(=O)CSCC(=O)Nc2cccc(Oc3cnccn3)c2)cc1. The number of amides is 2. The first-order valence-corrected chi connectivity index (χ1v) is 10.1. The van der Waals surface area contributed by atoms with Gasteiger partial charge >= 0.3 is 0 Å². The van der Waals surface area contributed by atoms with Gasteiger partial charge in [0.2, 0.25) is 17.7 Å². The number of hydrogen-bond donors (Lipinski definition) is 2. The lowest BCUT2D eigenvalue weighted by molar-refractivity contribution is -0.114. The smallest absolute Gasteiger partial charge is 0.237 e. The lowest BCUT2D eigenvalue weighted by Gasteiger charge is -2.08. The number of hydrogen-bond acceptors (Lipinski definition) is 7. The van der Waals surface area contributed by atoms with Crippen LogP contribution >= 0.6 is 11.8 Å². The Morgan fingerprint density at radius 3 is 2.33 bits per heavy atom. The third-order valence-electron chi connectivity index (χ3n) is 3.72. The molecule has 9 heteroatoms. The first-order chi connectivity index (χ1) is 14.6. The predicted octanol–water partition coefficient (Wildman–Crippen LogP) is 3.59. The molecule has 3 aromatic rings. The highest BCUT2D eigenvalue weighted by atomic mass is 32.2. The van der Waals surface area contributed by atoms with E-state index in [4.69, 9.17) is 9.47 Å². The van der Waals surface area contributed by atoms with Crippen molar-refractivity contribution < 1.29 is 19.1 Å². The van der Waals surface area contributed by atoms with Crippen LogP contribution in [0.15, 0.2) is 67.1 Å². The third kappa shape index (κ3) is 6.78. The van der Waals surface area contributed by atoms with Crippen molar-refractivity contribution in [1.29, 1.82) is 0 Å². The number of nitrogens with one attached hydrogen (secondary N) is 2. The number of anilines is 2. The summed E-state index contributed by atoms with van der Waals surface area (Å²) >= 11 is 1.22. The van der Waals surface area contributed by atoms with Crippen LogP contribution in [0.3, 0.4) is 0 Å². The fourth-order valence-electron chi connectivity index (χ4n) is 2.40. The number of rotatable bonds is 9. The van der Waals surface area contributed by atoms with Crippen LogP contribution in [0.2, 0.25) is 0 Å². The first kappa shape index (κ1) is 21.1. The Morgan fingerprint density at radius 1 is 0.933 bits per heavy atom. The number of carbonyl (C=O) groups excluding carboxylic acids is 2. The van der Waals surface area contributed by atoms with Crippen LogP contribution in [0.5, 0.6) is 17.4 Å². The van der Waals surface area contributed by atoms with Gasteiger partial charge in [0.15, 0.2) is 0 Å². The quantitative estimate of drug-likeness (QED) is 0.541. The standard InChI is InChI=1S/C21H20N4O4S/c1-28-17-7-5-15(6-8-17)24-19(26)13-30-14-20(27)25-16-3-2-4-18(11-16)29-21-12-22-9-10-23-21/h2-12H,13-14H2,1H3,(H,24,26)(H,25,27). The Balaban J connectivity index is 1.42. The molecule has 1 heterocycles. The molecule has 0 spiro atoms. The van der Waals surface area contributed by atoms with Gasteiger partial charge in [-0.25, -0.2) is 4.98 Å². The Labute approximate surface area is 178 Å². The Morgan fingerprint density at radius 2 is 1.67 bits per heavy atom. The molecule has 154 valence electrons. The van der Waals surface area contributed by atoms with Gasteiger partial charge in [-0.05, 0) is 36.4 Å². The molecule has 0 unspecified atom stereocenters. The van der Waals surface area contributed by atoms with E-state index in [2.05, 4.69) is 20.6 Å². The van der Waals surface area contributed by atoms with E-state index in [1.807, 2.05) is 0 Å². The molecule has 0 bridgehead atoms. The van der Waals surface area contributed by atoms with Crippen LogP contribution in [0.25, 0.3) is 0 Å². The van der Waals surface area contributed by atoms with E-state index in [0.29, 0.717) is 28.8 Å². The fourth-order valence-corrected chi connectivity index (χ4v) is 3.02. The molecule has 2 N–H and O–H groups in total. The van der Waals surface area contributed by atoms with E-state index in [0.717, 1.165) is 0 Å². The van der Waals surface area contributed by atoms with Gasteiger partial charge in [-0.1, -0.05) is 6.07 Å². The molecular weight excluding hydrogens is 404 g/mol. The molecule has 0 saturated carbocycles. The van der Waals surface area contributed by atoms with Crippen molar-refractivity contribution in [3.63, 3.8) is 0 Å². The van der Waals surface area contributed by atoms with Crippen LogP contribution in [0.4, 0.5) is 11.4 Å². The van der Waals surface area contributed by atoms with Crippen molar-refractivity contribution in [2.75, 3.05) is 29.2 Å². The van der Waals surface area contributed by atoms with E-state index in [1.165, 1.54) is 24.2 Å². The van der Waals surface area contributed by atoms with Gasteiger partial charge in [0.25, 0.3) is 0 Å². The summed E-state index contributed by atoms with van der Waals surface area (Å²) in [5, 5.41) is 5.56. The lowest BCUT2D eigenvalue weighted by atomic mass is 10.3. The number of ether oxygens (including phenoxy) is 2. The van der Waals surface area contributed by atoms with E-state index >= 15 is 0 Å². The topological polar surface area (TPSA) is 102 Å². The first-order valence-electron chi connectivity index (χ1n) is 8.98. The molecule has 0 aliphatic heterocycles. The summed E-state index contributed by atoms with van der Waals surface area (Å²) in [5.74, 6) is 1.51. The molecule has 3 rings (SSSR count). The summed E-state index contributed by atoms with van der Waals surface area (Å²) < 4.78 is 10.7. The zero-order valence-corrected chi connectivity index (χ0v) is 17.0. The Hall–Kier alpha value is -3.59. The maximum atomic E-state index is 12.2. The van der Waals surface area contributed by atoms with Gasteiger partial charge in [0.05, 0.1) is 24.8 Å². The van der Waals surface area contributed by atoms with Crippen LogP contribution in [-0.4, -0.2) is 40.4 Å². The second-order valence-corrected chi connectivity index (χ2v) is 6.98. The van der Waals surface area contributed by atoms with Crippen molar-refractivity contribution in [2.45, 2.75) is 0 Å². The molecule has 0 atom stereocenters. The van der Waals surface area contributed by atoms with Crippen molar-refractivity contribution in [3.8, 4) is 17.4 Å². The van der Waals surface area contributed by atoms with Crippen molar-refractivity contribution in [3.05, 3.63) is 67.1 Å². The highest BCUT2D eigenvalue weighted by Gasteiger charge is 2.08. The fraction of sp³-hybridized carbons (Fsp3) is 0.143. The summed E-state index contributed by atoms with van der Waals surface area (Å²) in [5.41, 5.74) is 1.26. The average Bonchev–Trinajstić information content (AvgIpc) is 2.75. The summed E-state index contributed by atoms with van der Waals surface area (Å²) in [7, 11) is 1.58. The molecule has 0 aliphatic rings. The summed E-state index contributed by atoms with van der Waals surface area (Å²) in [4.78, 5) is 32.1. The molecular formula is C21H20N4O4S. The Bertz CT molecular complexity index is 984. The van der Waals surface area contributed by atoms with E-state index in [9.17, 15) is 9.59 Å². The van der Waals surface area contributed by atoms with Crippen LogP contribution < -0.4 is 20.1 Å². The summed E-state index contributed by atoms with van der Waals surface area (Å²) in [6.07, 6.45) is 4.58. The van der Waals surface area contributed by atoms with Crippen LogP contribution in [0.1, 0.15) is 0 Å². The Kier molecular flexibility index (Phi) is 7.62. The largest absolute Gasteiger partial charge is 0.497 e. The van der Waals surface area contributed by atoms with Gasteiger partial charge in [-0.3, -0.25) is 14.6 Å². The molecule has 30 heavy (non-hydrogen) atoms. The van der Waals surface area contributed by atoms with E-state index < -0.39 is 0 Å². The second kappa shape index (κ2) is 10.8. The van der Waals surface area contributed by atoms with Crippen LogP contribution in [-0.2, 0) is 9.59 Å². The predicted molar refractivity (Wildman–Crippen MR) is 116 cm³/mol. The minimum absolute atomic E-state index is 0.144. The number of thioether (sulfide) groups is 1. The lowest BCUT2D eigenvalue weighted by Crippen LogP contribution is -2.18. The summed E-state index contributed by atoms with van der Waals surface area (Å²) in [6, 6.07) is 14.0. The van der Waals surface area contributed by atoms with Crippen molar-refractivity contribution in [1.82, 2.24) is 9.97 Å². The maximum absolute atomic E-state index is 12.2. The van der Waals surface area contributed by atoms with E-state index in [1.54, 1.807) is 61.8 Å². The van der Waals surface area contributed by atoms with Crippen molar-refractivity contribution in [2.24, 2.45) is 0 Å². The number of benzene rings is 2.